The number of hydrogen-bond acceptors (Lipinski definition) is 5. The van der Waals surface area contributed by atoms with Crippen molar-refractivity contribution < 1.29 is 17.9 Å². The highest BCUT2D eigenvalue weighted by Crippen LogP contribution is 2.28. The second-order valence-corrected chi connectivity index (χ2v) is 10.5. The number of benzene rings is 2. The molecule has 4 rings (SSSR count). The van der Waals surface area contributed by atoms with Gasteiger partial charge in [-0.25, -0.2) is 8.42 Å². The normalized spacial score (nSPS) is 17.3. The largest absolute Gasteiger partial charge is 0.457 e. The van der Waals surface area contributed by atoms with Crippen molar-refractivity contribution in [2.24, 2.45) is 0 Å². The van der Waals surface area contributed by atoms with Gasteiger partial charge in [-0.05, 0) is 50.6 Å². The third-order valence-electron chi connectivity index (χ3n) is 5.83. The lowest BCUT2D eigenvalue weighted by Crippen LogP contribution is -2.26. The Hall–Kier alpha value is -3.13. The van der Waals surface area contributed by atoms with Crippen LogP contribution >= 0.6 is 0 Å². The van der Waals surface area contributed by atoms with E-state index >= 15 is 0 Å². The Morgan fingerprint density at radius 1 is 1.12 bits per heavy atom. The molecule has 1 aliphatic heterocycles. The van der Waals surface area contributed by atoms with Gasteiger partial charge in [0.15, 0.2) is 9.84 Å². The summed E-state index contributed by atoms with van der Waals surface area (Å²) in [4.78, 5) is 14.7. The van der Waals surface area contributed by atoms with E-state index in [4.69, 9.17) is 4.74 Å². The maximum Gasteiger partial charge on any atom is 0.254 e. The second-order valence-electron chi connectivity index (χ2n) is 8.25. The SMILES string of the molecule is Cc1nn([C@@H]2CCS(=O)(=O)C2)c(C)c1CN(C)C(=O)c1cccc(Oc2ccccc2)c1. The van der Waals surface area contributed by atoms with Crippen molar-refractivity contribution in [2.45, 2.75) is 32.9 Å². The molecule has 1 amide bonds. The number of ether oxygens (including phenoxy) is 1. The molecular formula is C24H27N3O4S. The number of nitrogens with zero attached hydrogens (tertiary/aromatic N) is 3. The molecule has 0 unspecified atom stereocenters. The predicted octanol–water partition coefficient (Wildman–Crippen LogP) is 3.92. The second kappa shape index (κ2) is 8.78. The van der Waals surface area contributed by atoms with E-state index in [-0.39, 0.29) is 23.5 Å². The minimum Gasteiger partial charge on any atom is -0.457 e. The van der Waals surface area contributed by atoms with Gasteiger partial charge in [-0.3, -0.25) is 9.48 Å². The zero-order valence-corrected chi connectivity index (χ0v) is 19.3. The van der Waals surface area contributed by atoms with Crippen LogP contribution in [0.25, 0.3) is 0 Å². The van der Waals surface area contributed by atoms with E-state index in [9.17, 15) is 13.2 Å². The van der Waals surface area contributed by atoms with Crippen molar-refractivity contribution in [1.82, 2.24) is 14.7 Å². The zero-order valence-electron chi connectivity index (χ0n) is 18.5. The summed E-state index contributed by atoms with van der Waals surface area (Å²) in [6.45, 7) is 4.22. The van der Waals surface area contributed by atoms with Crippen molar-refractivity contribution in [2.75, 3.05) is 18.6 Å². The van der Waals surface area contributed by atoms with Gasteiger partial charge in [0.25, 0.3) is 5.91 Å². The van der Waals surface area contributed by atoms with Crippen LogP contribution < -0.4 is 4.74 Å². The average Bonchev–Trinajstić information content (AvgIpc) is 3.27. The molecule has 0 spiro atoms. The fourth-order valence-corrected chi connectivity index (χ4v) is 5.79. The predicted molar refractivity (Wildman–Crippen MR) is 123 cm³/mol. The Morgan fingerprint density at radius 3 is 2.53 bits per heavy atom. The molecule has 2 heterocycles. The van der Waals surface area contributed by atoms with Crippen LogP contribution in [0.4, 0.5) is 0 Å². The number of sulfone groups is 1. The number of hydrogen-bond donors (Lipinski definition) is 0. The van der Waals surface area contributed by atoms with Gasteiger partial charge in [-0.2, -0.15) is 5.10 Å². The number of rotatable bonds is 6. The number of amides is 1. The molecule has 2 aromatic carbocycles. The first-order valence-electron chi connectivity index (χ1n) is 10.6. The fourth-order valence-electron chi connectivity index (χ4n) is 4.10. The molecule has 1 aliphatic rings. The van der Waals surface area contributed by atoms with E-state index in [0.29, 0.717) is 30.0 Å². The first kappa shape index (κ1) is 22.1. The zero-order chi connectivity index (χ0) is 22.9. The number of para-hydroxylation sites is 1. The van der Waals surface area contributed by atoms with Crippen molar-refractivity contribution in [3.63, 3.8) is 0 Å². The average molecular weight is 454 g/mol. The lowest BCUT2D eigenvalue weighted by atomic mass is 10.1. The van der Waals surface area contributed by atoms with Gasteiger partial charge in [0.1, 0.15) is 11.5 Å². The monoisotopic (exact) mass is 453 g/mol. The molecule has 1 fully saturated rings. The van der Waals surface area contributed by atoms with Gasteiger partial charge < -0.3 is 9.64 Å². The standard InChI is InChI=1S/C24H27N3O4S/c1-17-23(18(2)27(25-17)20-12-13-32(29,30)16-20)15-26(3)24(28)19-8-7-11-22(14-19)31-21-9-5-4-6-10-21/h4-11,14,20H,12-13,15-16H2,1-3H3/t20-/m1/s1. The van der Waals surface area contributed by atoms with E-state index in [1.54, 1.807) is 30.1 Å². The highest BCUT2D eigenvalue weighted by Gasteiger charge is 2.31. The van der Waals surface area contributed by atoms with Crippen LogP contribution in [0.2, 0.25) is 0 Å². The van der Waals surface area contributed by atoms with Gasteiger partial charge >= 0.3 is 0 Å². The molecule has 1 atom stereocenters. The van der Waals surface area contributed by atoms with E-state index in [2.05, 4.69) is 5.10 Å². The maximum atomic E-state index is 13.1. The lowest BCUT2D eigenvalue weighted by molar-refractivity contribution is 0.0784. The van der Waals surface area contributed by atoms with Crippen molar-refractivity contribution >= 4 is 15.7 Å². The molecule has 3 aromatic rings. The van der Waals surface area contributed by atoms with Crippen LogP contribution in [0.15, 0.2) is 54.6 Å². The molecule has 0 N–H and O–H groups in total. The summed E-state index contributed by atoms with van der Waals surface area (Å²) in [5, 5.41) is 4.60. The number of carbonyl (C=O) groups is 1. The summed E-state index contributed by atoms with van der Waals surface area (Å²) in [6.07, 6.45) is 0.576. The molecule has 0 radical (unpaired) electrons. The Labute approximate surface area is 188 Å². The summed E-state index contributed by atoms with van der Waals surface area (Å²) >= 11 is 0. The third-order valence-corrected chi connectivity index (χ3v) is 7.58. The van der Waals surface area contributed by atoms with Crippen molar-refractivity contribution in [3.8, 4) is 11.5 Å². The van der Waals surface area contributed by atoms with Crippen LogP contribution in [-0.2, 0) is 16.4 Å². The molecule has 7 nitrogen and oxygen atoms in total. The van der Waals surface area contributed by atoms with E-state index < -0.39 is 9.84 Å². The Morgan fingerprint density at radius 2 is 1.84 bits per heavy atom. The molecule has 168 valence electrons. The quantitative estimate of drug-likeness (QED) is 0.565. The molecule has 1 saturated heterocycles. The minimum atomic E-state index is -3.00. The summed E-state index contributed by atoms with van der Waals surface area (Å²) in [5.41, 5.74) is 3.20. The molecule has 0 saturated carbocycles. The first-order chi connectivity index (χ1) is 15.2. The van der Waals surface area contributed by atoms with E-state index in [0.717, 1.165) is 17.0 Å². The summed E-state index contributed by atoms with van der Waals surface area (Å²) in [6, 6.07) is 16.4. The smallest absolute Gasteiger partial charge is 0.254 e. The Bertz CT molecular complexity index is 1240. The van der Waals surface area contributed by atoms with Crippen molar-refractivity contribution in [1.29, 1.82) is 0 Å². The Kier molecular flexibility index (Phi) is 6.06. The van der Waals surface area contributed by atoms with Gasteiger partial charge in [0.2, 0.25) is 0 Å². The minimum absolute atomic E-state index is 0.122. The summed E-state index contributed by atoms with van der Waals surface area (Å²) in [7, 11) is -1.25. The van der Waals surface area contributed by atoms with Crippen molar-refractivity contribution in [3.05, 3.63) is 77.1 Å². The van der Waals surface area contributed by atoms with Crippen LogP contribution in [0.5, 0.6) is 11.5 Å². The maximum absolute atomic E-state index is 13.1. The number of aryl methyl sites for hydroxylation is 1. The molecule has 8 heteroatoms. The molecule has 32 heavy (non-hydrogen) atoms. The molecule has 0 aliphatic carbocycles. The molecule has 0 bridgehead atoms. The highest BCUT2D eigenvalue weighted by molar-refractivity contribution is 7.91. The summed E-state index contributed by atoms with van der Waals surface area (Å²) in [5.74, 6) is 1.50. The van der Waals surface area contributed by atoms with Crippen LogP contribution in [-0.4, -0.2) is 47.6 Å². The van der Waals surface area contributed by atoms with Crippen LogP contribution in [0.3, 0.4) is 0 Å². The first-order valence-corrected chi connectivity index (χ1v) is 12.4. The van der Waals surface area contributed by atoms with E-state index in [1.807, 2.05) is 54.9 Å². The molecule has 1 aromatic heterocycles. The van der Waals surface area contributed by atoms with Crippen LogP contribution in [0, 0.1) is 13.8 Å². The topological polar surface area (TPSA) is 81.5 Å². The molecular weight excluding hydrogens is 426 g/mol. The lowest BCUT2D eigenvalue weighted by Gasteiger charge is -2.18. The highest BCUT2D eigenvalue weighted by atomic mass is 32.2. The van der Waals surface area contributed by atoms with Gasteiger partial charge in [0.05, 0.1) is 23.2 Å². The fraction of sp³-hybridized carbons (Fsp3) is 0.333. The van der Waals surface area contributed by atoms with Gasteiger partial charge in [-0.15, -0.1) is 0 Å². The number of aromatic nitrogens is 2. The van der Waals surface area contributed by atoms with E-state index in [1.165, 1.54) is 0 Å². The van der Waals surface area contributed by atoms with Gasteiger partial charge in [0, 0.05) is 30.4 Å². The van der Waals surface area contributed by atoms with Crippen LogP contribution in [0.1, 0.15) is 39.8 Å². The summed E-state index contributed by atoms with van der Waals surface area (Å²) < 4.78 is 31.4. The Balaban J connectivity index is 1.49. The number of carbonyl (C=O) groups excluding carboxylic acids is 1. The van der Waals surface area contributed by atoms with Gasteiger partial charge in [-0.1, -0.05) is 24.3 Å². The third kappa shape index (κ3) is 4.70.